The van der Waals surface area contributed by atoms with Crippen LogP contribution in [0.5, 0.6) is 0 Å². The maximum absolute atomic E-state index is 14.1. The number of hydrogen-bond acceptors (Lipinski definition) is 4. The van der Waals surface area contributed by atoms with E-state index >= 15 is 0 Å². The van der Waals surface area contributed by atoms with E-state index in [9.17, 15) is 13.2 Å². The standard InChI is InChI=1S/C28H40N2O3S/c1-27-16-15-22-20(21(27)12-13-23(27)29-18-9-10-18)11-14-24-28(22,2)25(17-26(31)30(24)3)34(32,33)19-7-5-4-6-8-19/h4-8,18,20-25,29H,9-17H2,1-3H3/t20-,21-,22-,23-,24+,25?,27-,28+/m0/s1. The molecule has 1 saturated heterocycles. The molecule has 0 spiro atoms. The third-order valence-electron chi connectivity index (χ3n) is 11.1. The number of benzene rings is 1. The minimum absolute atomic E-state index is 0.00429. The van der Waals surface area contributed by atoms with Crippen LogP contribution in [0.1, 0.15) is 71.6 Å². The van der Waals surface area contributed by atoms with Gasteiger partial charge in [0.1, 0.15) is 0 Å². The minimum atomic E-state index is -3.61. The van der Waals surface area contributed by atoms with E-state index in [0.29, 0.717) is 34.1 Å². The average Bonchev–Trinajstić information content (AvgIpc) is 3.58. The molecule has 1 heterocycles. The van der Waals surface area contributed by atoms with Crippen molar-refractivity contribution < 1.29 is 13.2 Å². The summed E-state index contributed by atoms with van der Waals surface area (Å²) in [6, 6.07) is 10.2. The molecule has 1 aliphatic heterocycles. The predicted octanol–water partition coefficient (Wildman–Crippen LogP) is 4.42. The van der Waals surface area contributed by atoms with Crippen LogP contribution in [-0.4, -0.2) is 49.6 Å². The van der Waals surface area contributed by atoms with E-state index in [1.54, 1.807) is 24.3 Å². The molecule has 5 aliphatic rings. The lowest BCUT2D eigenvalue weighted by atomic mass is 9.47. The number of piperidine rings is 1. The van der Waals surface area contributed by atoms with Crippen molar-refractivity contribution in [3.8, 4) is 0 Å². The molecule has 6 rings (SSSR count). The van der Waals surface area contributed by atoms with E-state index in [2.05, 4.69) is 19.2 Å². The molecule has 186 valence electrons. The van der Waals surface area contributed by atoms with Crippen molar-refractivity contribution in [1.82, 2.24) is 10.2 Å². The Labute approximate surface area is 205 Å². The van der Waals surface area contributed by atoms with E-state index < -0.39 is 20.5 Å². The zero-order valence-corrected chi connectivity index (χ0v) is 21.7. The fourth-order valence-corrected chi connectivity index (χ4v) is 11.4. The van der Waals surface area contributed by atoms with Crippen LogP contribution in [0.4, 0.5) is 0 Å². The minimum Gasteiger partial charge on any atom is -0.342 e. The van der Waals surface area contributed by atoms with E-state index in [-0.39, 0.29) is 18.4 Å². The van der Waals surface area contributed by atoms with Gasteiger partial charge in [-0.3, -0.25) is 4.79 Å². The van der Waals surface area contributed by atoms with Crippen molar-refractivity contribution in [2.24, 2.45) is 28.6 Å². The van der Waals surface area contributed by atoms with Crippen LogP contribution in [0, 0.1) is 28.6 Å². The molecule has 4 aliphatic carbocycles. The quantitative estimate of drug-likeness (QED) is 0.687. The SMILES string of the molecule is CN1C(=O)CC(S(=O)(=O)c2ccccc2)[C@]2(C)[C@H]3CC[C@]4(C)[C@@H](NC5CC5)CC[C@H]4[C@@H]3CC[C@@H]12. The molecule has 0 radical (unpaired) electrons. The third kappa shape index (κ3) is 3.20. The topological polar surface area (TPSA) is 66.5 Å². The Morgan fingerprint density at radius 3 is 2.38 bits per heavy atom. The summed E-state index contributed by atoms with van der Waals surface area (Å²) in [5.74, 6) is 1.55. The number of sulfone groups is 1. The molecule has 1 unspecified atom stereocenters. The first kappa shape index (κ1) is 23.0. The summed E-state index contributed by atoms with van der Waals surface area (Å²) in [7, 11) is -1.70. The Kier molecular flexibility index (Phi) is 5.28. The number of fused-ring (bicyclic) bond motifs is 5. The summed E-state index contributed by atoms with van der Waals surface area (Å²) in [6.45, 7) is 4.75. The normalized spacial score (nSPS) is 44.3. The van der Waals surface area contributed by atoms with Crippen LogP contribution in [0.2, 0.25) is 0 Å². The summed E-state index contributed by atoms with van der Waals surface area (Å²) in [5.41, 5.74) is -0.0965. The number of nitrogens with one attached hydrogen (secondary N) is 1. The molecule has 0 aromatic heterocycles. The van der Waals surface area contributed by atoms with E-state index in [4.69, 9.17) is 0 Å². The van der Waals surface area contributed by atoms with Gasteiger partial charge in [0.05, 0.1) is 10.1 Å². The first-order valence-corrected chi connectivity index (χ1v) is 15.0. The summed E-state index contributed by atoms with van der Waals surface area (Å²) in [6.07, 6.45) is 9.56. The van der Waals surface area contributed by atoms with Gasteiger partial charge in [0.15, 0.2) is 9.84 Å². The molecule has 5 fully saturated rings. The van der Waals surface area contributed by atoms with Crippen molar-refractivity contribution in [2.75, 3.05) is 7.05 Å². The van der Waals surface area contributed by atoms with Crippen LogP contribution in [0.3, 0.4) is 0 Å². The maximum Gasteiger partial charge on any atom is 0.223 e. The van der Waals surface area contributed by atoms with E-state index in [1.807, 2.05) is 18.0 Å². The second-order valence-electron chi connectivity index (χ2n) is 12.5. The molecule has 4 saturated carbocycles. The first-order valence-electron chi connectivity index (χ1n) is 13.5. The fourth-order valence-electron chi connectivity index (χ4n) is 9.16. The molecule has 1 N–H and O–H groups in total. The number of rotatable bonds is 4. The highest BCUT2D eigenvalue weighted by molar-refractivity contribution is 7.92. The van der Waals surface area contributed by atoms with Crippen LogP contribution in [0.15, 0.2) is 35.2 Å². The molecule has 5 nitrogen and oxygen atoms in total. The highest BCUT2D eigenvalue weighted by Crippen LogP contribution is 2.65. The van der Waals surface area contributed by atoms with Crippen LogP contribution < -0.4 is 5.32 Å². The van der Waals surface area contributed by atoms with Gasteiger partial charge >= 0.3 is 0 Å². The van der Waals surface area contributed by atoms with Crippen LogP contribution in [-0.2, 0) is 14.6 Å². The molecule has 0 bridgehead atoms. The Hall–Kier alpha value is -1.40. The highest BCUT2D eigenvalue weighted by atomic mass is 32.2. The monoisotopic (exact) mass is 484 g/mol. The van der Waals surface area contributed by atoms with Crippen molar-refractivity contribution in [3.05, 3.63) is 30.3 Å². The van der Waals surface area contributed by atoms with Gasteiger partial charge in [0.25, 0.3) is 0 Å². The Bertz CT molecular complexity index is 1070. The number of carbonyl (C=O) groups excluding carboxylic acids is 1. The van der Waals surface area contributed by atoms with E-state index in [0.717, 1.165) is 25.3 Å². The summed E-state index contributed by atoms with van der Waals surface area (Å²) < 4.78 is 28.1. The molecular formula is C28H40N2O3S. The van der Waals surface area contributed by atoms with Gasteiger partial charge < -0.3 is 10.2 Å². The van der Waals surface area contributed by atoms with Crippen LogP contribution in [0.25, 0.3) is 0 Å². The Morgan fingerprint density at radius 1 is 0.941 bits per heavy atom. The van der Waals surface area contributed by atoms with Gasteiger partial charge in [0, 0.05) is 37.0 Å². The molecular weight excluding hydrogens is 444 g/mol. The second kappa shape index (κ2) is 7.80. The van der Waals surface area contributed by atoms with Gasteiger partial charge in [-0.2, -0.15) is 0 Å². The Balaban J connectivity index is 1.38. The molecule has 34 heavy (non-hydrogen) atoms. The van der Waals surface area contributed by atoms with Gasteiger partial charge in [-0.1, -0.05) is 32.0 Å². The van der Waals surface area contributed by atoms with Gasteiger partial charge in [0.2, 0.25) is 5.91 Å². The molecule has 8 atom stereocenters. The van der Waals surface area contributed by atoms with Crippen LogP contribution >= 0.6 is 0 Å². The van der Waals surface area contributed by atoms with Gasteiger partial charge in [-0.05, 0) is 86.7 Å². The number of nitrogens with zero attached hydrogens (tertiary/aromatic N) is 1. The predicted molar refractivity (Wildman–Crippen MR) is 133 cm³/mol. The van der Waals surface area contributed by atoms with Crippen molar-refractivity contribution in [3.63, 3.8) is 0 Å². The van der Waals surface area contributed by atoms with Crippen molar-refractivity contribution in [2.45, 2.75) is 99.9 Å². The zero-order chi connectivity index (χ0) is 23.9. The second-order valence-corrected chi connectivity index (χ2v) is 14.6. The number of hydrogen-bond donors (Lipinski definition) is 1. The molecule has 6 heteroatoms. The van der Waals surface area contributed by atoms with Crippen molar-refractivity contribution in [1.29, 1.82) is 0 Å². The summed E-state index contributed by atoms with van der Waals surface area (Å²) in [5, 5.41) is 3.33. The third-order valence-corrected chi connectivity index (χ3v) is 13.5. The number of likely N-dealkylation sites (tertiary alicyclic amines) is 1. The van der Waals surface area contributed by atoms with Crippen molar-refractivity contribution >= 4 is 15.7 Å². The molecule has 1 aromatic carbocycles. The lowest BCUT2D eigenvalue weighted by Crippen LogP contribution is -2.68. The zero-order valence-electron chi connectivity index (χ0n) is 20.9. The Morgan fingerprint density at radius 2 is 1.68 bits per heavy atom. The lowest BCUT2D eigenvalue weighted by molar-refractivity contribution is -0.156. The lowest BCUT2D eigenvalue weighted by Gasteiger charge is -2.63. The summed E-state index contributed by atoms with van der Waals surface area (Å²) in [4.78, 5) is 15.4. The first-order chi connectivity index (χ1) is 16.2. The van der Waals surface area contributed by atoms with Gasteiger partial charge in [-0.15, -0.1) is 0 Å². The average molecular weight is 485 g/mol. The van der Waals surface area contributed by atoms with E-state index in [1.165, 1.54) is 32.1 Å². The molecule has 1 aromatic rings. The molecule has 1 amide bonds. The number of amides is 1. The number of carbonyl (C=O) groups is 1. The largest absolute Gasteiger partial charge is 0.342 e. The highest BCUT2D eigenvalue weighted by Gasteiger charge is 2.65. The van der Waals surface area contributed by atoms with Gasteiger partial charge in [-0.25, -0.2) is 8.42 Å². The summed E-state index contributed by atoms with van der Waals surface area (Å²) >= 11 is 0. The maximum atomic E-state index is 14.1. The smallest absolute Gasteiger partial charge is 0.223 e. The fraction of sp³-hybridized carbons (Fsp3) is 0.750.